The molecule has 2 rings (SSSR count). The second-order valence-corrected chi connectivity index (χ2v) is 5.42. The lowest BCUT2D eigenvalue weighted by Gasteiger charge is -2.24. The smallest absolute Gasteiger partial charge is 0.244 e. The van der Waals surface area contributed by atoms with Crippen molar-refractivity contribution in [2.45, 2.75) is 6.54 Å². The summed E-state index contributed by atoms with van der Waals surface area (Å²) in [4.78, 5) is 18.1. The van der Waals surface area contributed by atoms with Crippen molar-refractivity contribution in [3.8, 4) is 0 Å². The second kappa shape index (κ2) is 8.14. The number of nitrogens with one attached hydrogen (secondary N) is 1. The Bertz CT molecular complexity index is 456. The molecule has 6 heteroatoms. The molecule has 1 amide bonds. The Morgan fingerprint density at radius 2 is 2.25 bits per heavy atom. The zero-order valence-electron chi connectivity index (χ0n) is 11.2. The van der Waals surface area contributed by atoms with Crippen LogP contribution in [0.1, 0.15) is 5.69 Å². The molecule has 0 radical (unpaired) electrons. The lowest BCUT2D eigenvalue weighted by Crippen LogP contribution is -2.36. The Hall–Kier alpha value is -1.24. The summed E-state index contributed by atoms with van der Waals surface area (Å²) in [5.41, 5.74) is 0.836. The molecule has 1 aliphatic heterocycles. The number of carbonyl (C=O) groups excluding carboxylic acids is 1. The molecule has 0 aliphatic carbocycles. The van der Waals surface area contributed by atoms with Crippen LogP contribution in [-0.4, -0.2) is 48.6 Å². The average Bonchev–Trinajstić information content (AvgIpc) is 2.48. The number of hydrogen-bond acceptors (Lipinski definition) is 4. The Balaban J connectivity index is 1.67. The van der Waals surface area contributed by atoms with Gasteiger partial charge in [-0.2, -0.15) is 0 Å². The predicted molar refractivity (Wildman–Crippen MR) is 80.2 cm³/mol. The molecule has 0 spiro atoms. The molecule has 1 aromatic heterocycles. The van der Waals surface area contributed by atoms with Crippen molar-refractivity contribution in [2.75, 3.05) is 32.8 Å². The van der Waals surface area contributed by atoms with Gasteiger partial charge in [0.05, 0.1) is 25.5 Å². The molecule has 108 valence electrons. The van der Waals surface area contributed by atoms with Gasteiger partial charge in [-0.15, -0.1) is 0 Å². The molecule has 0 atom stereocenters. The van der Waals surface area contributed by atoms with E-state index < -0.39 is 0 Å². The molecule has 1 fully saturated rings. The van der Waals surface area contributed by atoms with Crippen molar-refractivity contribution < 1.29 is 9.53 Å². The minimum Gasteiger partial charge on any atom is -0.379 e. The van der Waals surface area contributed by atoms with Crippen LogP contribution < -0.4 is 5.32 Å². The summed E-state index contributed by atoms with van der Waals surface area (Å²) in [6.07, 6.45) is 5.18. The van der Waals surface area contributed by atoms with Crippen LogP contribution in [0, 0.1) is 0 Å². The van der Waals surface area contributed by atoms with Crippen LogP contribution in [-0.2, 0) is 16.1 Å². The maximum atomic E-state index is 11.6. The number of amides is 1. The van der Waals surface area contributed by atoms with Crippen molar-refractivity contribution in [2.24, 2.45) is 0 Å². The van der Waals surface area contributed by atoms with Crippen LogP contribution in [0.5, 0.6) is 0 Å². The molecular formula is C14H18BrN3O2. The van der Waals surface area contributed by atoms with Gasteiger partial charge in [-0.05, 0) is 28.1 Å². The highest BCUT2D eigenvalue weighted by atomic mass is 79.9. The largest absolute Gasteiger partial charge is 0.379 e. The first-order valence-corrected chi connectivity index (χ1v) is 7.38. The third-order valence-electron chi connectivity index (χ3n) is 2.97. The molecule has 20 heavy (non-hydrogen) atoms. The standard InChI is InChI=1S/C14H18BrN3O2/c15-12-3-4-13(16-10-12)11-17-14(19)2-1-5-18-6-8-20-9-7-18/h1-4,10H,5-9,11H2,(H,17,19)/b2-1+. The first kappa shape index (κ1) is 15.2. The van der Waals surface area contributed by atoms with Gasteiger partial charge in [0.1, 0.15) is 0 Å². The fourth-order valence-electron chi connectivity index (χ4n) is 1.84. The monoisotopic (exact) mass is 339 g/mol. The Morgan fingerprint density at radius 1 is 1.45 bits per heavy atom. The Kier molecular flexibility index (Phi) is 6.17. The summed E-state index contributed by atoms with van der Waals surface area (Å²) in [6, 6.07) is 3.78. The van der Waals surface area contributed by atoms with Crippen molar-refractivity contribution >= 4 is 21.8 Å². The molecule has 0 unspecified atom stereocenters. The maximum absolute atomic E-state index is 11.6. The van der Waals surface area contributed by atoms with Crippen LogP contribution >= 0.6 is 15.9 Å². The normalized spacial score (nSPS) is 16.4. The molecule has 1 aliphatic rings. The van der Waals surface area contributed by atoms with Crippen molar-refractivity contribution in [3.63, 3.8) is 0 Å². The van der Waals surface area contributed by atoms with E-state index in [1.807, 2.05) is 18.2 Å². The van der Waals surface area contributed by atoms with Gasteiger partial charge in [0.25, 0.3) is 0 Å². The fourth-order valence-corrected chi connectivity index (χ4v) is 2.07. The number of morpholine rings is 1. The van der Waals surface area contributed by atoms with Crippen LogP contribution in [0.3, 0.4) is 0 Å². The third kappa shape index (κ3) is 5.40. The van der Waals surface area contributed by atoms with Gasteiger partial charge < -0.3 is 10.1 Å². The van der Waals surface area contributed by atoms with Gasteiger partial charge >= 0.3 is 0 Å². The third-order valence-corrected chi connectivity index (χ3v) is 3.44. The summed E-state index contributed by atoms with van der Waals surface area (Å²) < 4.78 is 6.20. The highest BCUT2D eigenvalue weighted by molar-refractivity contribution is 9.10. The van der Waals surface area contributed by atoms with E-state index in [4.69, 9.17) is 4.74 Å². The molecule has 0 aromatic carbocycles. The van der Waals surface area contributed by atoms with E-state index in [1.54, 1.807) is 12.3 Å². The van der Waals surface area contributed by atoms with E-state index in [-0.39, 0.29) is 5.91 Å². The first-order valence-electron chi connectivity index (χ1n) is 6.59. The van der Waals surface area contributed by atoms with Crippen LogP contribution in [0.15, 0.2) is 35.0 Å². The van der Waals surface area contributed by atoms with Gasteiger partial charge in [-0.3, -0.25) is 14.7 Å². The summed E-state index contributed by atoms with van der Waals surface area (Å²) >= 11 is 3.32. The number of rotatable bonds is 5. The average molecular weight is 340 g/mol. The number of aromatic nitrogens is 1. The number of halogens is 1. The van der Waals surface area contributed by atoms with E-state index in [0.29, 0.717) is 6.54 Å². The molecule has 5 nitrogen and oxygen atoms in total. The van der Waals surface area contributed by atoms with E-state index in [2.05, 4.69) is 31.1 Å². The van der Waals surface area contributed by atoms with Crippen molar-refractivity contribution in [1.29, 1.82) is 0 Å². The SMILES string of the molecule is O=C(/C=C/CN1CCOCC1)NCc1ccc(Br)cn1. The molecule has 0 saturated carbocycles. The van der Waals surface area contributed by atoms with E-state index in [0.717, 1.165) is 43.0 Å². The summed E-state index contributed by atoms with van der Waals surface area (Å²) in [7, 11) is 0. The fraction of sp³-hybridized carbons (Fsp3) is 0.429. The molecule has 1 aromatic rings. The molecule has 0 bridgehead atoms. The van der Waals surface area contributed by atoms with Crippen molar-refractivity contribution in [1.82, 2.24) is 15.2 Å². The highest BCUT2D eigenvalue weighted by Gasteiger charge is 2.07. The quantitative estimate of drug-likeness (QED) is 0.823. The van der Waals surface area contributed by atoms with Gasteiger partial charge in [-0.1, -0.05) is 6.08 Å². The highest BCUT2D eigenvalue weighted by Crippen LogP contribution is 2.07. The number of carbonyl (C=O) groups is 1. The van der Waals surface area contributed by atoms with E-state index in [1.165, 1.54) is 0 Å². The van der Waals surface area contributed by atoms with Crippen LogP contribution in [0.4, 0.5) is 0 Å². The molecule has 1 saturated heterocycles. The minimum atomic E-state index is -0.0945. The zero-order chi connectivity index (χ0) is 14.2. The van der Waals surface area contributed by atoms with Crippen LogP contribution in [0.25, 0.3) is 0 Å². The number of ether oxygens (including phenoxy) is 1. The lowest BCUT2D eigenvalue weighted by atomic mass is 10.3. The number of pyridine rings is 1. The zero-order valence-corrected chi connectivity index (χ0v) is 12.8. The molecule has 1 N–H and O–H groups in total. The summed E-state index contributed by atoms with van der Waals surface area (Å²) in [6.45, 7) is 4.62. The summed E-state index contributed by atoms with van der Waals surface area (Å²) in [5.74, 6) is -0.0945. The number of hydrogen-bond donors (Lipinski definition) is 1. The molecular weight excluding hydrogens is 322 g/mol. The first-order chi connectivity index (χ1) is 9.74. The Labute approximate surface area is 127 Å². The maximum Gasteiger partial charge on any atom is 0.244 e. The minimum absolute atomic E-state index is 0.0945. The second-order valence-electron chi connectivity index (χ2n) is 4.50. The number of nitrogens with zero attached hydrogens (tertiary/aromatic N) is 2. The predicted octanol–water partition coefficient (Wildman–Crippen LogP) is 1.35. The van der Waals surface area contributed by atoms with Gasteiger partial charge in [0, 0.05) is 36.4 Å². The van der Waals surface area contributed by atoms with Crippen LogP contribution in [0.2, 0.25) is 0 Å². The van der Waals surface area contributed by atoms with Gasteiger partial charge in [0.15, 0.2) is 0 Å². The summed E-state index contributed by atoms with van der Waals surface area (Å²) in [5, 5.41) is 2.81. The van der Waals surface area contributed by atoms with E-state index in [9.17, 15) is 4.79 Å². The van der Waals surface area contributed by atoms with E-state index >= 15 is 0 Å². The topological polar surface area (TPSA) is 54.5 Å². The Morgan fingerprint density at radius 3 is 2.95 bits per heavy atom. The molecule has 2 heterocycles. The van der Waals surface area contributed by atoms with Crippen molar-refractivity contribution in [3.05, 3.63) is 40.6 Å². The van der Waals surface area contributed by atoms with Gasteiger partial charge in [0.2, 0.25) is 5.91 Å². The van der Waals surface area contributed by atoms with Gasteiger partial charge in [-0.25, -0.2) is 0 Å². The lowest BCUT2D eigenvalue weighted by molar-refractivity contribution is -0.116.